The fourth-order valence-corrected chi connectivity index (χ4v) is 3.45. The Morgan fingerprint density at radius 1 is 1.17 bits per heavy atom. The molecule has 1 saturated heterocycles. The molecule has 2 aliphatic heterocycles. The first-order valence-electron chi connectivity index (χ1n) is 8.82. The number of carbonyl (C=O) groups excluding carboxylic acids is 1. The number of nitrogens with one attached hydrogen (secondary N) is 1. The van der Waals surface area contributed by atoms with Crippen LogP contribution in [0.25, 0.3) is 0 Å². The molecule has 0 radical (unpaired) electrons. The van der Waals surface area contributed by atoms with E-state index >= 15 is 0 Å². The first kappa shape index (κ1) is 16.5. The molecule has 1 aromatic rings. The standard InChI is InChI=1S/C19H29N3O/c1-19(2,3)18(23)22-11-7-16-14-15(4-5-17(16)22)6-10-21-12-8-20-9-13-21/h4-5,14,20H,6-13H2,1-3H3. The Morgan fingerprint density at radius 3 is 2.61 bits per heavy atom. The molecule has 3 rings (SSSR count). The van der Waals surface area contributed by atoms with Crippen molar-refractivity contribution in [1.29, 1.82) is 0 Å². The number of hydrogen-bond donors (Lipinski definition) is 1. The molecule has 0 atom stereocenters. The van der Waals surface area contributed by atoms with Crippen molar-refractivity contribution in [3.05, 3.63) is 29.3 Å². The number of hydrogen-bond acceptors (Lipinski definition) is 3. The van der Waals surface area contributed by atoms with Gasteiger partial charge in [0.25, 0.3) is 0 Å². The Labute approximate surface area is 139 Å². The summed E-state index contributed by atoms with van der Waals surface area (Å²) in [5, 5.41) is 3.40. The van der Waals surface area contributed by atoms with Gasteiger partial charge < -0.3 is 15.1 Å². The van der Waals surface area contributed by atoms with Crippen LogP contribution < -0.4 is 10.2 Å². The van der Waals surface area contributed by atoms with Crippen LogP contribution in [0.15, 0.2) is 18.2 Å². The van der Waals surface area contributed by atoms with E-state index in [1.807, 2.05) is 25.7 Å². The third-order valence-electron chi connectivity index (χ3n) is 4.85. The molecule has 2 aliphatic rings. The van der Waals surface area contributed by atoms with Crippen LogP contribution in [0.5, 0.6) is 0 Å². The van der Waals surface area contributed by atoms with Crippen LogP contribution >= 0.6 is 0 Å². The van der Waals surface area contributed by atoms with E-state index in [0.717, 1.165) is 57.8 Å². The summed E-state index contributed by atoms with van der Waals surface area (Å²) in [6.45, 7) is 12.5. The minimum absolute atomic E-state index is 0.227. The number of nitrogens with zero attached hydrogens (tertiary/aromatic N) is 2. The highest BCUT2D eigenvalue weighted by atomic mass is 16.2. The average Bonchev–Trinajstić information content (AvgIpc) is 2.95. The summed E-state index contributed by atoms with van der Waals surface area (Å²) >= 11 is 0. The third-order valence-corrected chi connectivity index (χ3v) is 4.85. The van der Waals surface area contributed by atoms with E-state index in [-0.39, 0.29) is 11.3 Å². The quantitative estimate of drug-likeness (QED) is 0.927. The molecule has 0 aliphatic carbocycles. The largest absolute Gasteiger partial charge is 0.314 e. The van der Waals surface area contributed by atoms with Crippen molar-refractivity contribution in [3.63, 3.8) is 0 Å². The van der Waals surface area contributed by atoms with Gasteiger partial charge in [0, 0.05) is 50.4 Å². The van der Waals surface area contributed by atoms with Crippen molar-refractivity contribution < 1.29 is 4.79 Å². The average molecular weight is 315 g/mol. The van der Waals surface area contributed by atoms with Crippen molar-refractivity contribution in [2.75, 3.05) is 44.2 Å². The van der Waals surface area contributed by atoms with Crippen molar-refractivity contribution in [1.82, 2.24) is 10.2 Å². The van der Waals surface area contributed by atoms with Gasteiger partial charge >= 0.3 is 0 Å². The summed E-state index contributed by atoms with van der Waals surface area (Å²) in [5.74, 6) is 0.227. The second-order valence-electron chi connectivity index (χ2n) is 7.76. The Morgan fingerprint density at radius 2 is 1.91 bits per heavy atom. The van der Waals surface area contributed by atoms with E-state index in [0.29, 0.717) is 0 Å². The fraction of sp³-hybridized carbons (Fsp3) is 0.632. The lowest BCUT2D eigenvalue weighted by molar-refractivity contribution is -0.125. The fourth-order valence-electron chi connectivity index (χ4n) is 3.45. The molecule has 1 fully saturated rings. The molecule has 1 amide bonds. The van der Waals surface area contributed by atoms with Crippen molar-refractivity contribution in [2.24, 2.45) is 5.41 Å². The minimum atomic E-state index is -0.317. The zero-order valence-corrected chi connectivity index (χ0v) is 14.7. The second-order valence-corrected chi connectivity index (χ2v) is 7.76. The van der Waals surface area contributed by atoms with E-state index in [1.165, 1.54) is 11.1 Å². The number of piperazine rings is 1. The Hall–Kier alpha value is -1.39. The number of carbonyl (C=O) groups is 1. The van der Waals surface area contributed by atoms with Gasteiger partial charge in [-0.1, -0.05) is 32.9 Å². The van der Waals surface area contributed by atoms with Crippen LogP contribution in [-0.2, 0) is 17.6 Å². The van der Waals surface area contributed by atoms with Gasteiger partial charge in [-0.2, -0.15) is 0 Å². The number of fused-ring (bicyclic) bond motifs is 1. The zero-order chi connectivity index (χ0) is 16.4. The molecular weight excluding hydrogens is 286 g/mol. The lowest BCUT2D eigenvalue weighted by atomic mass is 9.94. The van der Waals surface area contributed by atoms with Crippen LogP contribution in [0.3, 0.4) is 0 Å². The first-order valence-corrected chi connectivity index (χ1v) is 8.82. The Kier molecular flexibility index (Phi) is 4.74. The summed E-state index contributed by atoms with van der Waals surface area (Å²) in [6.07, 6.45) is 2.08. The molecular formula is C19H29N3O. The molecule has 1 aromatic carbocycles. The maximum Gasteiger partial charge on any atom is 0.232 e. The molecule has 0 saturated carbocycles. The maximum atomic E-state index is 12.6. The van der Waals surface area contributed by atoms with Crippen molar-refractivity contribution >= 4 is 11.6 Å². The molecule has 0 aromatic heterocycles. The lowest BCUT2D eigenvalue weighted by Gasteiger charge is -2.27. The van der Waals surface area contributed by atoms with Crippen LogP contribution in [0.4, 0.5) is 5.69 Å². The zero-order valence-electron chi connectivity index (χ0n) is 14.7. The summed E-state index contributed by atoms with van der Waals surface area (Å²) in [5.41, 5.74) is 3.53. The van der Waals surface area contributed by atoms with Gasteiger partial charge in [-0.25, -0.2) is 0 Å². The monoisotopic (exact) mass is 315 g/mol. The highest BCUT2D eigenvalue weighted by Crippen LogP contribution is 2.32. The second kappa shape index (κ2) is 6.62. The molecule has 2 heterocycles. The van der Waals surface area contributed by atoms with E-state index < -0.39 is 0 Å². The highest BCUT2D eigenvalue weighted by Gasteiger charge is 2.32. The van der Waals surface area contributed by atoms with E-state index in [2.05, 4.69) is 28.4 Å². The normalized spacial score (nSPS) is 19.0. The molecule has 0 unspecified atom stereocenters. The molecule has 0 spiro atoms. The summed E-state index contributed by atoms with van der Waals surface area (Å²) in [6, 6.07) is 6.67. The van der Waals surface area contributed by atoms with Crippen LogP contribution in [0.2, 0.25) is 0 Å². The summed E-state index contributed by atoms with van der Waals surface area (Å²) in [7, 11) is 0. The lowest BCUT2D eigenvalue weighted by Crippen LogP contribution is -2.44. The van der Waals surface area contributed by atoms with Gasteiger partial charge in [0.1, 0.15) is 0 Å². The predicted octanol–water partition coefficient (Wildman–Crippen LogP) is 2.07. The number of amides is 1. The van der Waals surface area contributed by atoms with Crippen LogP contribution in [0, 0.1) is 5.41 Å². The predicted molar refractivity (Wildman–Crippen MR) is 95.0 cm³/mol. The molecule has 4 nitrogen and oxygen atoms in total. The highest BCUT2D eigenvalue weighted by molar-refractivity contribution is 5.98. The molecule has 4 heteroatoms. The number of benzene rings is 1. The SMILES string of the molecule is CC(C)(C)C(=O)N1CCc2cc(CCN3CCNCC3)ccc21. The number of anilines is 1. The van der Waals surface area contributed by atoms with Gasteiger partial charge in [0.05, 0.1) is 0 Å². The Balaban J connectivity index is 1.65. The molecule has 1 N–H and O–H groups in total. The van der Waals surface area contributed by atoms with E-state index in [9.17, 15) is 4.79 Å². The number of rotatable bonds is 3. The third kappa shape index (κ3) is 3.75. The molecule has 23 heavy (non-hydrogen) atoms. The maximum absolute atomic E-state index is 12.6. The first-order chi connectivity index (χ1) is 10.9. The molecule has 126 valence electrons. The topological polar surface area (TPSA) is 35.6 Å². The minimum Gasteiger partial charge on any atom is -0.314 e. The van der Waals surface area contributed by atoms with Crippen LogP contribution in [-0.4, -0.2) is 50.1 Å². The summed E-state index contributed by atoms with van der Waals surface area (Å²) < 4.78 is 0. The van der Waals surface area contributed by atoms with Crippen LogP contribution in [0.1, 0.15) is 31.9 Å². The van der Waals surface area contributed by atoms with Gasteiger partial charge in [0.2, 0.25) is 5.91 Å². The molecule has 0 bridgehead atoms. The van der Waals surface area contributed by atoms with Gasteiger partial charge in [0.15, 0.2) is 0 Å². The van der Waals surface area contributed by atoms with Gasteiger partial charge in [-0.3, -0.25) is 4.79 Å². The van der Waals surface area contributed by atoms with Crippen molar-refractivity contribution in [2.45, 2.75) is 33.6 Å². The van der Waals surface area contributed by atoms with E-state index in [4.69, 9.17) is 0 Å². The summed E-state index contributed by atoms with van der Waals surface area (Å²) in [4.78, 5) is 17.1. The van der Waals surface area contributed by atoms with Crippen molar-refractivity contribution in [3.8, 4) is 0 Å². The Bertz CT molecular complexity index is 570. The van der Waals surface area contributed by atoms with Gasteiger partial charge in [-0.15, -0.1) is 0 Å². The van der Waals surface area contributed by atoms with Gasteiger partial charge in [-0.05, 0) is 30.0 Å². The van der Waals surface area contributed by atoms with E-state index in [1.54, 1.807) is 0 Å². The smallest absolute Gasteiger partial charge is 0.232 e.